The van der Waals surface area contributed by atoms with E-state index in [-0.39, 0.29) is 30.2 Å². The Bertz CT molecular complexity index is 793. The van der Waals surface area contributed by atoms with Crippen molar-refractivity contribution in [1.82, 2.24) is 15.1 Å². The summed E-state index contributed by atoms with van der Waals surface area (Å²) in [5, 5.41) is 2.35. The summed E-state index contributed by atoms with van der Waals surface area (Å²) in [6.45, 7) is 4.25. The highest BCUT2D eigenvalue weighted by molar-refractivity contribution is 6.05. The van der Waals surface area contributed by atoms with Gasteiger partial charge in [0, 0.05) is 43.7 Å². The molecule has 2 fully saturated rings. The lowest BCUT2D eigenvalue weighted by molar-refractivity contribution is -0.136. The number of likely N-dealkylation sites (tertiary alicyclic amines) is 1. The molecule has 3 heterocycles. The molecule has 3 amide bonds. The second-order valence-corrected chi connectivity index (χ2v) is 7.96. The molecule has 4 rings (SSSR count). The van der Waals surface area contributed by atoms with Crippen molar-refractivity contribution in [2.45, 2.75) is 63.8 Å². The first kappa shape index (κ1) is 18.1. The Kier molecular flexibility index (Phi) is 4.74. The van der Waals surface area contributed by atoms with E-state index in [1.54, 1.807) is 4.90 Å². The third-order valence-corrected chi connectivity index (χ3v) is 6.10. The van der Waals surface area contributed by atoms with E-state index in [0.29, 0.717) is 24.6 Å². The molecule has 144 valence electrons. The van der Waals surface area contributed by atoms with Crippen molar-refractivity contribution in [3.63, 3.8) is 0 Å². The van der Waals surface area contributed by atoms with Gasteiger partial charge in [0.2, 0.25) is 11.8 Å². The summed E-state index contributed by atoms with van der Waals surface area (Å²) in [5.41, 5.74) is 8.94. The fraction of sp³-hybridized carbons (Fsp3) is 0.550. The van der Waals surface area contributed by atoms with Crippen LogP contribution in [0, 0.1) is 0 Å². The Morgan fingerprint density at radius 3 is 2.78 bits per heavy atom. The smallest absolute Gasteiger partial charge is 0.255 e. The van der Waals surface area contributed by atoms with Gasteiger partial charge >= 0.3 is 0 Å². The molecule has 3 aliphatic heterocycles. The summed E-state index contributed by atoms with van der Waals surface area (Å²) in [6.07, 6.45) is 2.79. The van der Waals surface area contributed by atoms with Gasteiger partial charge in [-0.15, -0.1) is 0 Å². The molecule has 7 heteroatoms. The summed E-state index contributed by atoms with van der Waals surface area (Å²) >= 11 is 0. The van der Waals surface area contributed by atoms with Gasteiger partial charge in [-0.05, 0) is 43.4 Å². The van der Waals surface area contributed by atoms with Gasteiger partial charge in [0.1, 0.15) is 6.04 Å². The average Bonchev–Trinajstić information content (AvgIpc) is 2.96. The number of piperidine rings is 2. The average molecular weight is 370 g/mol. The number of nitrogens with zero attached hydrogens (tertiary/aromatic N) is 2. The van der Waals surface area contributed by atoms with Crippen LogP contribution in [0.4, 0.5) is 0 Å². The highest BCUT2D eigenvalue weighted by atomic mass is 16.2. The van der Waals surface area contributed by atoms with Gasteiger partial charge in [-0.2, -0.15) is 0 Å². The van der Waals surface area contributed by atoms with E-state index in [1.807, 2.05) is 12.1 Å². The lowest BCUT2D eigenvalue weighted by Crippen LogP contribution is -2.52. The molecule has 1 aromatic carbocycles. The van der Waals surface area contributed by atoms with Gasteiger partial charge in [-0.25, -0.2) is 0 Å². The highest BCUT2D eigenvalue weighted by Crippen LogP contribution is 2.31. The molecule has 1 aromatic rings. The summed E-state index contributed by atoms with van der Waals surface area (Å²) in [6, 6.07) is 5.89. The fourth-order valence-electron chi connectivity index (χ4n) is 4.45. The van der Waals surface area contributed by atoms with Gasteiger partial charge in [-0.1, -0.05) is 12.1 Å². The Labute approximate surface area is 158 Å². The number of hydrogen-bond acceptors (Lipinski definition) is 5. The van der Waals surface area contributed by atoms with Crippen molar-refractivity contribution >= 4 is 17.7 Å². The molecule has 3 atom stereocenters. The minimum Gasteiger partial charge on any atom is -0.327 e. The zero-order valence-electron chi connectivity index (χ0n) is 15.6. The van der Waals surface area contributed by atoms with Gasteiger partial charge < -0.3 is 10.6 Å². The van der Waals surface area contributed by atoms with Crippen molar-refractivity contribution in [3.8, 4) is 0 Å². The summed E-state index contributed by atoms with van der Waals surface area (Å²) < 4.78 is 0. The molecular formula is C20H26N4O3. The molecule has 0 radical (unpaired) electrons. The van der Waals surface area contributed by atoms with Crippen LogP contribution < -0.4 is 11.1 Å². The van der Waals surface area contributed by atoms with E-state index in [2.05, 4.69) is 23.2 Å². The van der Waals surface area contributed by atoms with E-state index in [1.165, 1.54) is 0 Å². The van der Waals surface area contributed by atoms with Crippen LogP contribution in [0.25, 0.3) is 0 Å². The molecule has 3 unspecified atom stereocenters. The van der Waals surface area contributed by atoms with Gasteiger partial charge in [0.15, 0.2) is 0 Å². The van der Waals surface area contributed by atoms with Crippen LogP contribution in [-0.4, -0.2) is 52.2 Å². The Balaban J connectivity index is 1.56. The maximum atomic E-state index is 12.9. The monoisotopic (exact) mass is 370 g/mol. The molecule has 0 aromatic heterocycles. The summed E-state index contributed by atoms with van der Waals surface area (Å²) in [7, 11) is 0. The number of fused-ring (bicyclic) bond motifs is 1. The molecule has 3 N–H and O–H groups in total. The van der Waals surface area contributed by atoms with Crippen LogP contribution in [0.15, 0.2) is 18.2 Å². The zero-order chi connectivity index (χ0) is 19.1. The standard InChI is InChI=1S/C20H26N4O3/c1-12-5-6-14(21)10-23(12)9-13-3-2-4-15-16(13)11-24(20(15)27)17-7-8-18(25)22-19(17)26/h2-4,12,14,17H,5-11,21H2,1H3,(H,22,25,26). The molecule has 0 spiro atoms. The number of hydrogen-bond donors (Lipinski definition) is 2. The van der Waals surface area contributed by atoms with Crippen LogP contribution in [-0.2, 0) is 22.7 Å². The lowest BCUT2D eigenvalue weighted by Gasteiger charge is -2.37. The number of amides is 3. The Morgan fingerprint density at radius 2 is 2.00 bits per heavy atom. The van der Waals surface area contributed by atoms with Crippen LogP contribution in [0.2, 0.25) is 0 Å². The predicted octanol–water partition coefficient (Wildman–Crippen LogP) is 0.759. The number of nitrogens with two attached hydrogens (primary N) is 1. The Hall–Kier alpha value is -2.25. The lowest BCUT2D eigenvalue weighted by atomic mass is 9.97. The topological polar surface area (TPSA) is 95.7 Å². The molecule has 2 saturated heterocycles. The molecule has 0 bridgehead atoms. The van der Waals surface area contributed by atoms with E-state index in [0.717, 1.165) is 37.1 Å². The highest BCUT2D eigenvalue weighted by Gasteiger charge is 2.40. The Morgan fingerprint density at radius 1 is 1.19 bits per heavy atom. The second-order valence-electron chi connectivity index (χ2n) is 7.96. The van der Waals surface area contributed by atoms with Gasteiger partial charge in [0.25, 0.3) is 5.91 Å². The van der Waals surface area contributed by atoms with Crippen LogP contribution in [0.1, 0.15) is 54.1 Å². The van der Waals surface area contributed by atoms with Crippen molar-refractivity contribution in [3.05, 3.63) is 34.9 Å². The van der Waals surface area contributed by atoms with Crippen LogP contribution in [0.3, 0.4) is 0 Å². The molecule has 7 nitrogen and oxygen atoms in total. The second kappa shape index (κ2) is 7.05. The molecule has 27 heavy (non-hydrogen) atoms. The number of rotatable bonds is 3. The number of carbonyl (C=O) groups excluding carboxylic acids is 3. The van der Waals surface area contributed by atoms with Gasteiger partial charge in [-0.3, -0.25) is 24.6 Å². The van der Waals surface area contributed by atoms with Crippen molar-refractivity contribution in [2.24, 2.45) is 5.73 Å². The van der Waals surface area contributed by atoms with E-state index in [9.17, 15) is 14.4 Å². The molecule has 3 aliphatic rings. The van der Waals surface area contributed by atoms with Crippen molar-refractivity contribution < 1.29 is 14.4 Å². The first-order valence-electron chi connectivity index (χ1n) is 9.69. The first-order valence-corrected chi connectivity index (χ1v) is 9.69. The van der Waals surface area contributed by atoms with Crippen LogP contribution in [0.5, 0.6) is 0 Å². The quantitative estimate of drug-likeness (QED) is 0.766. The van der Waals surface area contributed by atoms with Crippen molar-refractivity contribution in [2.75, 3.05) is 6.54 Å². The number of benzene rings is 1. The molecule has 0 saturated carbocycles. The normalized spacial score (nSPS) is 29.0. The fourth-order valence-corrected chi connectivity index (χ4v) is 4.45. The number of nitrogens with one attached hydrogen (secondary N) is 1. The maximum Gasteiger partial charge on any atom is 0.255 e. The number of imide groups is 1. The summed E-state index contributed by atoms with van der Waals surface area (Å²) in [5.74, 6) is -0.758. The van der Waals surface area contributed by atoms with E-state index < -0.39 is 6.04 Å². The predicted molar refractivity (Wildman–Crippen MR) is 99.6 cm³/mol. The molecule has 0 aliphatic carbocycles. The SMILES string of the molecule is CC1CCC(N)CN1Cc1cccc2c1CN(C1CCC(=O)NC1=O)C2=O. The third-order valence-electron chi connectivity index (χ3n) is 6.10. The summed E-state index contributed by atoms with van der Waals surface area (Å²) in [4.78, 5) is 40.5. The van der Waals surface area contributed by atoms with Gasteiger partial charge in [0.05, 0.1) is 0 Å². The zero-order valence-corrected chi connectivity index (χ0v) is 15.6. The minimum absolute atomic E-state index is 0.121. The number of carbonyl (C=O) groups is 3. The third kappa shape index (κ3) is 3.37. The first-order chi connectivity index (χ1) is 12.9. The van der Waals surface area contributed by atoms with Crippen LogP contribution >= 0.6 is 0 Å². The largest absolute Gasteiger partial charge is 0.327 e. The molecular weight excluding hydrogens is 344 g/mol. The van der Waals surface area contributed by atoms with Crippen molar-refractivity contribution in [1.29, 1.82) is 0 Å². The van der Waals surface area contributed by atoms with E-state index >= 15 is 0 Å². The minimum atomic E-state index is -0.571. The van der Waals surface area contributed by atoms with E-state index in [4.69, 9.17) is 5.73 Å². The maximum absolute atomic E-state index is 12.9.